The predicted molar refractivity (Wildman–Crippen MR) is 261 cm³/mol. The highest BCUT2D eigenvalue weighted by atomic mass is 16.6. The van der Waals surface area contributed by atoms with Crippen LogP contribution in [-0.2, 0) is 28.6 Å². The van der Waals surface area contributed by atoms with Gasteiger partial charge < -0.3 is 14.2 Å². The molecule has 0 aliphatic heterocycles. The molecule has 0 spiro atoms. The average molecular weight is 855 g/mol. The Hall–Kier alpha value is -2.63. The number of carbonyl (C=O) groups is 3. The van der Waals surface area contributed by atoms with Gasteiger partial charge in [0, 0.05) is 19.3 Å². The lowest BCUT2D eigenvalue weighted by atomic mass is 10.1. The molecule has 354 valence electrons. The number of hydrogen-bond donors (Lipinski definition) is 0. The Morgan fingerprint density at radius 2 is 0.590 bits per heavy atom. The molecule has 61 heavy (non-hydrogen) atoms. The monoisotopic (exact) mass is 855 g/mol. The molecule has 0 radical (unpaired) electrons. The van der Waals surface area contributed by atoms with E-state index in [0.717, 1.165) is 89.9 Å². The molecule has 0 aromatic heterocycles. The Morgan fingerprint density at radius 1 is 0.328 bits per heavy atom. The van der Waals surface area contributed by atoms with Crippen molar-refractivity contribution in [2.45, 2.75) is 271 Å². The molecule has 0 rings (SSSR count). The smallest absolute Gasteiger partial charge is 0.306 e. The maximum atomic E-state index is 12.7. The Balaban J connectivity index is 4.20. The Bertz CT molecular complexity index is 1070. The molecule has 0 heterocycles. The molecule has 0 bridgehead atoms. The minimum absolute atomic E-state index is 0.0778. The Labute approximate surface area is 378 Å². The SMILES string of the molecule is CCCCCC/C=C\CCCCCCCC(=O)OC(COC(=O)CCCCCCCCC)COC(=O)CCCCCCCCCC/C=C\C/C=C\C/C=C\CCCCCCC. The summed E-state index contributed by atoms with van der Waals surface area (Å²) in [6.07, 6.45) is 59.7. The molecule has 0 saturated carbocycles. The van der Waals surface area contributed by atoms with Gasteiger partial charge in [0.2, 0.25) is 0 Å². The van der Waals surface area contributed by atoms with Crippen LogP contribution in [0.3, 0.4) is 0 Å². The van der Waals surface area contributed by atoms with E-state index in [-0.39, 0.29) is 31.1 Å². The second-order valence-corrected chi connectivity index (χ2v) is 17.4. The molecule has 0 amide bonds. The first-order valence-corrected chi connectivity index (χ1v) is 26.1. The lowest BCUT2D eigenvalue weighted by molar-refractivity contribution is -0.167. The number of carbonyl (C=O) groups excluding carboxylic acids is 3. The third-order valence-corrected chi connectivity index (χ3v) is 11.3. The molecule has 1 atom stereocenters. The van der Waals surface area contributed by atoms with Gasteiger partial charge in [-0.05, 0) is 83.5 Å². The molecular formula is C55H98O6. The standard InChI is InChI=1S/C55H98O6/c1-4-7-10-13-16-18-20-22-23-24-25-26-27-28-29-30-31-33-34-36-39-42-45-48-54(57)60-51-52(50-59-53(56)47-44-41-38-15-12-9-6-3)61-55(58)49-46-43-40-37-35-32-21-19-17-14-11-8-5-2/h19-22,24-25,27-28,52H,4-18,23,26,29-51H2,1-3H3/b21-19-,22-20-,25-24-,28-27-. The second-order valence-electron chi connectivity index (χ2n) is 17.4. The van der Waals surface area contributed by atoms with Crippen molar-refractivity contribution in [2.75, 3.05) is 13.2 Å². The van der Waals surface area contributed by atoms with Crippen LogP contribution in [0.5, 0.6) is 0 Å². The van der Waals surface area contributed by atoms with E-state index in [9.17, 15) is 14.4 Å². The molecule has 0 fully saturated rings. The van der Waals surface area contributed by atoms with Gasteiger partial charge in [-0.3, -0.25) is 14.4 Å². The van der Waals surface area contributed by atoms with Crippen molar-refractivity contribution in [3.8, 4) is 0 Å². The summed E-state index contributed by atoms with van der Waals surface area (Å²) in [5, 5.41) is 0. The molecule has 0 N–H and O–H groups in total. The summed E-state index contributed by atoms with van der Waals surface area (Å²) in [5.74, 6) is -0.896. The van der Waals surface area contributed by atoms with Crippen LogP contribution in [0.2, 0.25) is 0 Å². The van der Waals surface area contributed by atoms with Crippen molar-refractivity contribution in [2.24, 2.45) is 0 Å². The Kier molecular flexibility index (Phi) is 47.9. The van der Waals surface area contributed by atoms with Crippen molar-refractivity contribution in [1.82, 2.24) is 0 Å². The predicted octanol–water partition coefficient (Wildman–Crippen LogP) is 17.1. The molecule has 1 unspecified atom stereocenters. The van der Waals surface area contributed by atoms with Gasteiger partial charge in [0.15, 0.2) is 6.10 Å². The van der Waals surface area contributed by atoms with Gasteiger partial charge in [0.05, 0.1) is 0 Å². The van der Waals surface area contributed by atoms with Gasteiger partial charge >= 0.3 is 17.9 Å². The van der Waals surface area contributed by atoms with Crippen molar-refractivity contribution in [3.63, 3.8) is 0 Å². The van der Waals surface area contributed by atoms with E-state index in [1.165, 1.54) is 135 Å². The maximum Gasteiger partial charge on any atom is 0.306 e. The van der Waals surface area contributed by atoms with Crippen molar-refractivity contribution in [1.29, 1.82) is 0 Å². The summed E-state index contributed by atoms with van der Waals surface area (Å²) >= 11 is 0. The second kappa shape index (κ2) is 50.0. The zero-order chi connectivity index (χ0) is 44.4. The summed E-state index contributed by atoms with van der Waals surface area (Å²) in [6.45, 7) is 6.56. The molecule has 6 heteroatoms. The van der Waals surface area contributed by atoms with E-state index >= 15 is 0 Å². The largest absolute Gasteiger partial charge is 0.462 e. The fraction of sp³-hybridized carbons (Fsp3) is 0.800. The molecular weight excluding hydrogens is 757 g/mol. The first kappa shape index (κ1) is 58.4. The number of rotatable bonds is 47. The molecule has 6 nitrogen and oxygen atoms in total. The van der Waals surface area contributed by atoms with E-state index in [4.69, 9.17) is 14.2 Å². The van der Waals surface area contributed by atoms with Crippen molar-refractivity contribution < 1.29 is 28.6 Å². The third-order valence-electron chi connectivity index (χ3n) is 11.3. The highest BCUT2D eigenvalue weighted by Crippen LogP contribution is 2.14. The zero-order valence-corrected chi connectivity index (χ0v) is 40.4. The van der Waals surface area contributed by atoms with E-state index < -0.39 is 6.10 Å². The zero-order valence-electron chi connectivity index (χ0n) is 40.4. The van der Waals surface area contributed by atoms with Crippen LogP contribution >= 0.6 is 0 Å². The van der Waals surface area contributed by atoms with Crippen molar-refractivity contribution in [3.05, 3.63) is 48.6 Å². The van der Waals surface area contributed by atoms with Gasteiger partial charge in [0.25, 0.3) is 0 Å². The fourth-order valence-electron chi connectivity index (χ4n) is 7.33. The lowest BCUT2D eigenvalue weighted by Crippen LogP contribution is -2.30. The summed E-state index contributed by atoms with van der Waals surface area (Å²) in [5.41, 5.74) is 0. The van der Waals surface area contributed by atoms with Gasteiger partial charge in [0.1, 0.15) is 13.2 Å². The first-order chi connectivity index (χ1) is 30.0. The summed E-state index contributed by atoms with van der Waals surface area (Å²) in [4.78, 5) is 37.8. The average Bonchev–Trinajstić information content (AvgIpc) is 3.26. The van der Waals surface area contributed by atoms with Crippen LogP contribution in [0.15, 0.2) is 48.6 Å². The normalized spacial score (nSPS) is 12.4. The number of allylic oxidation sites excluding steroid dienone is 8. The van der Waals surface area contributed by atoms with Crippen LogP contribution < -0.4 is 0 Å². The summed E-state index contributed by atoms with van der Waals surface area (Å²) in [6, 6.07) is 0. The molecule has 0 aromatic carbocycles. The third kappa shape index (κ3) is 48.3. The maximum absolute atomic E-state index is 12.7. The van der Waals surface area contributed by atoms with E-state index in [2.05, 4.69) is 69.4 Å². The van der Waals surface area contributed by atoms with Gasteiger partial charge in [-0.1, -0.05) is 211 Å². The minimum Gasteiger partial charge on any atom is -0.462 e. The van der Waals surface area contributed by atoms with Crippen LogP contribution in [0, 0.1) is 0 Å². The molecule has 0 aliphatic carbocycles. The number of hydrogen-bond acceptors (Lipinski definition) is 6. The lowest BCUT2D eigenvalue weighted by Gasteiger charge is -2.18. The van der Waals surface area contributed by atoms with Crippen LogP contribution in [-0.4, -0.2) is 37.2 Å². The van der Waals surface area contributed by atoms with E-state index in [1.54, 1.807) is 0 Å². The van der Waals surface area contributed by atoms with Crippen LogP contribution in [0.4, 0.5) is 0 Å². The minimum atomic E-state index is -0.775. The number of ether oxygens (including phenoxy) is 3. The highest BCUT2D eigenvalue weighted by Gasteiger charge is 2.19. The highest BCUT2D eigenvalue weighted by molar-refractivity contribution is 5.71. The quantitative estimate of drug-likeness (QED) is 0.0263. The Morgan fingerprint density at radius 3 is 0.951 bits per heavy atom. The van der Waals surface area contributed by atoms with Crippen LogP contribution in [0.25, 0.3) is 0 Å². The van der Waals surface area contributed by atoms with Gasteiger partial charge in [-0.15, -0.1) is 0 Å². The molecule has 0 aromatic rings. The van der Waals surface area contributed by atoms with Crippen LogP contribution in [0.1, 0.15) is 265 Å². The molecule has 0 aliphatic rings. The van der Waals surface area contributed by atoms with E-state index in [0.29, 0.717) is 19.3 Å². The molecule has 0 saturated heterocycles. The fourth-order valence-corrected chi connectivity index (χ4v) is 7.33. The first-order valence-electron chi connectivity index (χ1n) is 26.1. The van der Waals surface area contributed by atoms with Crippen molar-refractivity contribution >= 4 is 17.9 Å². The summed E-state index contributed by atoms with van der Waals surface area (Å²) < 4.78 is 16.7. The van der Waals surface area contributed by atoms with Gasteiger partial charge in [-0.25, -0.2) is 0 Å². The topological polar surface area (TPSA) is 78.9 Å². The summed E-state index contributed by atoms with van der Waals surface area (Å²) in [7, 11) is 0. The number of esters is 3. The number of unbranched alkanes of at least 4 members (excludes halogenated alkanes) is 28. The van der Waals surface area contributed by atoms with Gasteiger partial charge in [-0.2, -0.15) is 0 Å². The van der Waals surface area contributed by atoms with E-state index in [1.807, 2.05) is 0 Å².